The molecule has 1 aromatic heterocycles. The summed E-state index contributed by atoms with van der Waals surface area (Å²) in [5.41, 5.74) is 1.96. The first-order valence-electron chi connectivity index (χ1n) is 8.28. The lowest BCUT2D eigenvalue weighted by molar-refractivity contribution is 0.102. The zero-order chi connectivity index (χ0) is 18.2. The zero-order valence-corrected chi connectivity index (χ0v) is 15.2. The fraction of sp³-hybridized carbons (Fsp3) is 0.368. The Morgan fingerprint density at radius 2 is 2.00 bits per heavy atom. The molecule has 2 aromatic rings. The molecule has 0 spiro atoms. The highest BCUT2D eigenvalue weighted by molar-refractivity contribution is 6.05. The van der Waals surface area contributed by atoms with Crippen LogP contribution in [0, 0.1) is 0 Å². The van der Waals surface area contributed by atoms with Crippen LogP contribution >= 0.6 is 0 Å². The van der Waals surface area contributed by atoms with E-state index in [2.05, 4.69) is 22.1 Å². The van der Waals surface area contributed by atoms with Gasteiger partial charge in [-0.3, -0.25) is 9.78 Å². The highest BCUT2D eigenvalue weighted by Crippen LogP contribution is 2.29. The van der Waals surface area contributed by atoms with Crippen molar-refractivity contribution in [3.63, 3.8) is 0 Å². The topological polar surface area (TPSA) is 63.7 Å². The molecule has 2 rings (SSSR count). The maximum atomic E-state index is 12.6. The van der Waals surface area contributed by atoms with Crippen LogP contribution in [0.5, 0.6) is 11.5 Å². The summed E-state index contributed by atoms with van der Waals surface area (Å²) in [4.78, 5) is 18.9. The first-order chi connectivity index (χ1) is 12.1. The van der Waals surface area contributed by atoms with E-state index in [0.717, 1.165) is 25.1 Å². The number of nitrogens with one attached hydrogen (secondary N) is 1. The molecule has 0 bridgehead atoms. The van der Waals surface area contributed by atoms with Crippen LogP contribution in [0.4, 0.5) is 11.4 Å². The molecular weight excluding hydrogens is 318 g/mol. The molecule has 0 aliphatic heterocycles. The van der Waals surface area contributed by atoms with Gasteiger partial charge in [-0.25, -0.2) is 0 Å². The van der Waals surface area contributed by atoms with Gasteiger partial charge in [0.25, 0.3) is 5.91 Å². The van der Waals surface area contributed by atoms with Gasteiger partial charge < -0.3 is 19.7 Å². The van der Waals surface area contributed by atoms with Crippen LogP contribution in [0.1, 0.15) is 30.1 Å². The smallest absolute Gasteiger partial charge is 0.257 e. The van der Waals surface area contributed by atoms with Crippen LogP contribution in [-0.4, -0.2) is 38.7 Å². The van der Waals surface area contributed by atoms with Gasteiger partial charge >= 0.3 is 0 Å². The van der Waals surface area contributed by atoms with E-state index in [1.165, 1.54) is 0 Å². The molecule has 0 unspecified atom stereocenters. The van der Waals surface area contributed by atoms with E-state index in [9.17, 15) is 4.79 Å². The Hall–Kier alpha value is -2.76. The third kappa shape index (κ3) is 4.86. The molecule has 0 atom stereocenters. The van der Waals surface area contributed by atoms with E-state index >= 15 is 0 Å². The second-order valence-electron chi connectivity index (χ2n) is 5.73. The minimum absolute atomic E-state index is 0.246. The molecule has 1 N–H and O–H groups in total. The number of hydrogen-bond acceptors (Lipinski definition) is 5. The summed E-state index contributed by atoms with van der Waals surface area (Å²) in [5.74, 6) is 0.963. The molecule has 1 amide bonds. The Morgan fingerprint density at radius 1 is 1.20 bits per heavy atom. The molecule has 0 fully saturated rings. The normalized spacial score (nSPS) is 10.2. The number of unbranched alkanes of at least 4 members (excludes halogenated alkanes) is 1. The number of rotatable bonds is 8. The molecule has 0 saturated heterocycles. The van der Waals surface area contributed by atoms with Crippen LogP contribution in [0.3, 0.4) is 0 Å². The van der Waals surface area contributed by atoms with Gasteiger partial charge in [0.1, 0.15) is 11.5 Å². The molecule has 0 radical (unpaired) electrons. The van der Waals surface area contributed by atoms with Gasteiger partial charge in [-0.2, -0.15) is 0 Å². The van der Waals surface area contributed by atoms with E-state index in [1.54, 1.807) is 44.8 Å². The summed E-state index contributed by atoms with van der Waals surface area (Å²) in [6, 6.07) is 7.09. The Bertz CT molecular complexity index is 719. The summed E-state index contributed by atoms with van der Waals surface area (Å²) in [6.45, 7) is 3.07. The van der Waals surface area contributed by atoms with E-state index in [0.29, 0.717) is 22.7 Å². The molecule has 1 heterocycles. The van der Waals surface area contributed by atoms with Crippen molar-refractivity contribution in [1.29, 1.82) is 0 Å². The Kier molecular flexibility index (Phi) is 6.62. The second kappa shape index (κ2) is 8.92. The van der Waals surface area contributed by atoms with Crippen LogP contribution in [0.25, 0.3) is 0 Å². The molecular formula is C19H25N3O3. The summed E-state index contributed by atoms with van der Waals surface area (Å²) in [5, 5.41) is 2.86. The number of anilines is 2. The maximum Gasteiger partial charge on any atom is 0.257 e. The van der Waals surface area contributed by atoms with Crippen molar-refractivity contribution in [2.75, 3.05) is 38.0 Å². The highest BCUT2D eigenvalue weighted by atomic mass is 16.5. The SMILES string of the molecule is CCCCN(C)c1cncc(C(=O)Nc2cc(OC)ccc2OC)c1. The average Bonchev–Trinajstić information content (AvgIpc) is 2.66. The Morgan fingerprint density at radius 3 is 2.68 bits per heavy atom. The molecule has 0 aliphatic rings. The largest absolute Gasteiger partial charge is 0.497 e. The van der Waals surface area contributed by atoms with Gasteiger partial charge in [0.2, 0.25) is 0 Å². The second-order valence-corrected chi connectivity index (χ2v) is 5.73. The predicted molar refractivity (Wildman–Crippen MR) is 99.9 cm³/mol. The first kappa shape index (κ1) is 18.6. The van der Waals surface area contributed by atoms with E-state index in [1.807, 2.05) is 13.1 Å². The van der Waals surface area contributed by atoms with Crippen LogP contribution in [-0.2, 0) is 0 Å². The molecule has 6 heteroatoms. The number of carbonyl (C=O) groups excluding carboxylic acids is 1. The molecule has 1 aromatic carbocycles. The number of hydrogen-bond donors (Lipinski definition) is 1. The number of methoxy groups -OCH3 is 2. The molecule has 0 saturated carbocycles. The monoisotopic (exact) mass is 343 g/mol. The van der Waals surface area contributed by atoms with Crippen molar-refractivity contribution >= 4 is 17.3 Å². The summed E-state index contributed by atoms with van der Waals surface area (Å²) < 4.78 is 10.5. The molecule has 134 valence electrons. The number of pyridine rings is 1. The maximum absolute atomic E-state index is 12.6. The number of ether oxygens (including phenoxy) is 2. The summed E-state index contributed by atoms with van der Waals surface area (Å²) in [7, 11) is 5.13. The van der Waals surface area contributed by atoms with Crippen molar-refractivity contribution in [1.82, 2.24) is 4.98 Å². The highest BCUT2D eigenvalue weighted by Gasteiger charge is 2.13. The van der Waals surface area contributed by atoms with Gasteiger partial charge in [-0.1, -0.05) is 13.3 Å². The van der Waals surface area contributed by atoms with Crippen molar-refractivity contribution in [2.24, 2.45) is 0 Å². The van der Waals surface area contributed by atoms with Gasteiger partial charge in [-0.15, -0.1) is 0 Å². The lowest BCUT2D eigenvalue weighted by atomic mass is 10.2. The Labute approximate surface area is 148 Å². The first-order valence-corrected chi connectivity index (χ1v) is 8.28. The van der Waals surface area contributed by atoms with Crippen molar-refractivity contribution in [3.8, 4) is 11.5 Å². The number of nitrogens with zero attached hydrogens (tertiary/aromatic N) is 2. The quantitative estimate of drug-likeness (QED) is 0.793. The lowest BCUT2D eigenvalue weighted by Gasteiger charge is -2.19. The average molecular weight is 343 g/mol. The van der Waals surface area contributed by atoms with Crippen molar-refractivity contribution < 1.29 is 14.3 Å². The Balaban J connectivity index is 2.18. The summed E-state index contributed by atoms with van der Waals surface area (Å²) in [6.07, 6.45) is 5.53. The zero-order valence-electron chi connectivity index (χ0n) is 15.2. The van der Waals surface area contributed by atoms with Crippen LogP contribution in [0.2, 0.25) is 0 Å². The number of amides is 1. The summed E-state index contributed by atoms with van der Waals surface area (Å²) >= 11 is 0. The third-order valence-electron chi connectivity index (χ3n) is 3.93. The van der Waals surface area contributed by atoms with Gasteiger partial charge in [0.05, 0.1) is 37.4 Å². The number of benzene rings is 1. The fourth-order valence-corrected chi connectivity index (χ4v) is 2.39. The fourth-order valence-electron chi connectivity index (χ4n) is 2.39. The standard InChI is InChI=1S/C19H25N3O3/c1-5-6-9-22(2)15-10-14(12-20-13-15)19(23)21-17-11-16(24-3)7-8-18(17)25-4/h7-8,10-13H,5-6,9H2,1-4H3,(H,21,23). The molecule has 0 aliphatic carbocycles. The number of carbonyl (C=O) groups is 1. The minimum Gasteiger partial charge on any atom is -0.497 e. The van der Waals surface area contributed by atoms with E-state index in [-0.39, 0.29) is 5.91 Å². The van der Waals surface area contributed by atoms with Crippen LogP contribution in [0.15, 0.2) is 36.7 Å². The van der Waals surface area contributed by atoms with E-state index < -0.39 is 0 Å². The minimum atomic E-state index is -0.246. The van der Waals surface area contributed by atoms with Gasteiger partial charge in [0, 0.05) is 25.9 Å². The van der Waals surface area contributed by atoms with Crippen LogP contribution < -0.4 is 19.7 Å². The number of aromatic nitrogens is 1. The van der Waals surface area contributed by atoms with Crippen molar-refractivity contribution in [2.45, 2.75) is 19.8 Å². The van der Waals surface area contributed by atoms with Crippen molar-refractivity contribution in [3.05, 3.63) is 42.2 Å². The van der Waals surface area contributed by atoms with Gasteiger partial charge in [0.15, 0.2) is 0 Å². The molecule has 25 heavy (non-hydrogen) atoms. The van der Waals surface area contributed by atoms with Gasteiger partial charge in [-0.05, 0) is 24.6 Å². The predicted octanol–water partition coefficient (Wildman–Crippen LogP) is 3.59. The van der Waals surface area contributed by atoms with E-state index in [4.69, 9.17) is 9.47 Å². The lowest BCUT2D eigenvalue weighted by Crippen LogP contribution is -2.20. The molecule has 6 nitrogen and oxygen atoms in total. The third-order valence-corrected chi connectivity index (χ3v) is 3.93.